The Labute approximate surface area is 101 Å². The molecule has 2 aromatic heterocycles. The summed E-state index contributed by atoms with van der Waals surface area (Å²) >= 11 is 0. The molecule has 2 unspecified atom stereocenters. The van der Waals surface area contributed by atoms with E-state index in [4.69, 9.17) is 5.73 Å². The minimum Gasteiger partial charge on any atom is -0.326 e. The summed E-state index contributed by atoms with van der Waals surface area (Å²) in [4.78, 5) is 0. The molecule has 0 saturated heterocycles. The lowest BCUT2D eigenvalue weighted by atomic mass is 10.0. The maximum atomic E-state index is 6.09. The van der Waals surface area contributed by atoms with Crippen molar-refractivity contribution < 1.29 is 0 Å². The van der Waals surface area contributed by atoms with Crippen LogP contribution >= 0.6 is 0 Å². The van der Waals surface area contributed by atoms with Crippen molar-refractivity contribution in [2.24, 2.45) is 12.8 Å². The van der Waals surface area contributed by atoms with Crippen molar-refractivity contribution in [2.75, 3.05) is 0 Å². The Morgan fingerprint density at radius 1 is 1.35 bits per heavy atom. The van der Waals surface area contributed by atoms with E-state index in [1.807, 2.05) is 44.9 Å². The van der Waals surface area contributed by atoms with Gasteiger partial charge < -0.3 is 5.73 Å². The highest BCUT2D eigenvalue weighted by Crippen LogP contribution is 2.22. The summed E-state index contributed by atoms with van der Waals surface area (Å²) < 4.78 is 3.77. The molecule has 2 N–H and O–H groups in total. The maximum Gasteiger partial charge on any atom is 0.0949 e. The molecule has 0 spiro atoms. The zero-order valence-electron chi connectivity index (χ0n) is 10.8. The third-order valence-electron chi connectivity index (χ3n) is 2.87. The van der Waals surface area contributed by atoms with Crippen LogP contribution in [0.5, 0.6) is 0 Å². The van der Waals surface area contributed by atoms with Gasteiger partial charge in [0, 0.05) is 30.5 Å². The molecule has 2 atom stereocenters. The molecule has 0 bridgehead atoms. The molecule has 0 radical (unpaired) electrons. The van der Waals surface area contributed by atoms with Crippen molar-refractivity contribution in [2.45, 2.75) is 32.9 Å². The van der Waals surface area contributed by atoms with Gasteiger partial charge >= 0.3 is 0 Å². The molecule has 2 rings (SSSR count). The lowest BCUT2D eigenvalue weighted by Crippen LogP contribution is -2.31. The molecule has 2 heterocycles. The molecule has 0 fully saturated rings. The van der Waals surface area contributed by atoms with E-state index in [0.29, 0.717) is 0 Å². The first-order valence-corrected chi connectivity index (χ1v) is 5.76. The van der Waals surface area contributed by atoms with Gasteiger partial charge in [-0.1, -0.05) is 0 Å². The van der Waals surface area contributed by atoms with E-state index >= 15 is 0 Å². The third-order valence-corrected chi connectivity index (χ3v) is 2.87. The number of aryl methyl sites for hydroxylation is 3. The zero-order chi connectivity index (χ0) is 12.6. The average molecular weight is 233 g/mol. The van der Waals surface area contributed by atoms with E-state index in [1.165, 1.54) is 0 Å². The molecule has 0 saturated carbocycles. The Balaban J connectivity index is 2.46. The summed E-state index contributed by atoms with van der Waals surface area (Å²) in [6.07, 6.45) is 3.84. The van der Waals surface area contributed by atoms with Gasteiger partial charge in [-0.25, -0.2) is 0 Å². The second-order valence-electron chi connectivity index (χ2n) is 4.62. The molecule has 0 aliphatic carbocycles. The van der Waals surface area contributed by atoms with Crippen molar-refractivity contribution in [3.05, 3.63) is 35.4 Å². The number of nitrogens with zero attached hydrogens (tertiary/aromatic N) is 4. The molecule has 0 aliphatic heterocycles. The molecule has 0 aliphatic rings. The van der Waals surface area contributed by atoms with E-state index in [9.17, 15) is 0 Å². The lowest BCUT2D eigenvalue weighted by Gasteiger charge is -2.21. The fourth-order valence-electron chi connectivity index (χ4n) is 2.19. The Bertz CT molecular complexity index is 509. The van der Waals surface area contributed by atoms with Gasteiger partial charge in [0.15, 0.2) is 0 Å². The normalized spacial score (nSPS) is 14.9. The second kappa shape index (κ2) is 4.33. The molecule has 17 heavy (non-hydrogen) atoms. The summed E-state index contributed by atoms with van der Waals surface area (Å²) in [5.41, 5.74) is 9.31. The van der Waals surface area contributed by atoms with E-state index < -0.39 is 0 Å². The molecule has 92 valence electrons. The summed E-state index contributed by atoms with van der Waals surface area (Å²) in [7, 11) is 1.91. The van der Waals surface area contributed by atoms with E-state index in [1.54, 1.807) is 4.68 Å². The van der Waals surface area contributed by atoms with Gasteiger partial charge in [0.1, 0.15) is 0 Å². The number of rotatable bonds is 3. The van der Waals surface area contributed by atoms with Gasteiger partial charge in [-0.3, -0.25) is 9.36 Å². The first-order chi connectivity index (χ1) is 7.99. The van der Waals surface area contributed by atoms with Crippen molar-refractivity contribution >= 4 is 0 Å². The monoisotopic (exact) mass is 233 g/mol. The van der Waals surface area contributed by atoms with E-state index in [0.717, 1.165) is 17.0 Å². The predicted molar refractivity (Wildman–Crippen MR) is 66.7 cm³/mol. The van der Waals surface area contributed by atoms with Crippen LogP contribution in [0.4, 0.5) is 0 Å². The molecule has 2 aromatic rings. The molecule has 0 amide bonds. The Kier molecular flexibility index (Phi) is 3.02. The zero-order valence-corrected chi connectivity index (χ0v) is 10.8. The molecular formula is C12H19N5. The minimum atomic E-state index is -0.0165. The Morgan fingerprint density at radius 2 is 2.06 bits per heavy atom. The van der Waals surface area contributed by atoms with Crippen LogP contribution in [0.1, 0.15) is 29.9 Å². The van der Waals surface area contributed by atoms with E-state index in [-0.39, 0.29) is 12.1 Å². The maximum absolute atomic E-state index is 6.09. The van der Waals surface area contributed by atoms with Crippen LogP contribution in [0.2, 0.25) is 0 Å². The van der Waals surface area contributed by atoms with Crippen LogP contribution in [0, 0.1) is 13.8 Å². The quantitative estimate of drug-likeness (QED) is 0.865. The van der Waals surface area contributed by atoms with Crippen molar-refractivity contribution in [3.63, 3.8) is 0 Å². The summed E-state index contributed by atoms with van der Waals surface area (Å²) in [6, 6.07) is 2.08. The van der Waals surface area contributed by atoms with Gasteiger partial charge in [0.2, 0.25) is 0 Å². The smallest absolute Gasteiger partial charge is 0.0949 e. The van der Waals surface area contributed by atoms with Crippen LogP contribution in [0.3, 0.4) is 0 Å². The topological polar surface area (TPSA) is 61.7 Å². The van der Waals surface area contributed by atoms with Crippen LogP contribution in [0.15, 0.2) is 18.5 Å². The first-order valence-electron chi connectivity index (χ1n) is 5.76. The fourth-order valence-corrected chi connectivity index (χ4v) is 2.19. The molecular weight excluding hydrogens is 214 g/mol. The van der Waals surface area contributed by atoms with Crippen molar-refractivity contribution in [3.8, 4) is 0 Å². The highest BCUT2D eigenvalue weighted by Gasteiger charge is 2.22. The van der Waals surface area contributed by atoms with Gasteiger partial charge in [-0.15, -0.1) is 0 Å². The SMILES string of the molecule is Cc1cc(C)n(C(c2cnn(C)c2)C(C)N)n1. The Morgan fingerprint density at radius 3 is 2.47 bits per heavy atom. The number of hydrogen-bond acceptors (Lipinski definition) is 3. The average Bonchev–Trinajstić information content (AvgIpc) is 2.75. The standard InChI is InChI=1S/C12H19N5/c1-8-5-9(2)17(15-8)12(10(3)13)11-6-14-16(4)7-11/h5-7,10,12H,13H2,1-4H3. The molecule has 5 heteroatoms. The molecule has 5 nitrogen and oxygen atoms in total. The summed E-state index contributed by atoms with van der Waals surface area (Å²) in [5, 5.41) is 8.72. The van der Waals surface area contributed by atoms with Gasteiger partial charge in [-0.05, 0) is 26.8 Å². The third kappa shape index (κ3) is 2.24. The van der Waals surface area contributed by atoms with Crippen molar-refractivity contribution in [1.82, 2.24) is 19.6 Å². The van der Waals surface area contributed by atoms with Gasteiger partial charge in [-0.2, -0.15) is 10.2 Å². The van der Waals surface area contributed by atoms with Crippen LogP contribution in [-0.4, -0.2) is 25.6 Å². The van der Waals surface area contributed by atoms with Crippen LogP contribution in [0.25, 0.3) is 0 Å². The van der Waals surface area contributed by atoms with Gasteiger partial charge in [0.05, 0.1) is 17.9 Å². The van der Waals surface area contributed by atoms with Crippen molar-refractivity contribution in [1.29, 1.82) is 0 Å². The number of hydrogen-bond donors (Lipinski definition) is 1. The van der Waals surface area contributed by atoms with Crippen LogP contribution in [-0.2, 0) is 7.05 Å². The fraction of sp³-hybridized carbons (Fsp3) is 0.500. The summed E-state index contributed by atoms with van der Waals surface area (Å²) in [5.74, 6) is 0. The second-order valence-corrected chi connectivity index (χ2v) is 4.62. The Hall–Kier alpha value is -1.62. The largest absolute Gasteiger partial charge is 0.326 e. The van der Waals surface area contributed by atoms with Gasteiger partial charge in [0.25, 0.3) is 0 Å². The highest BCUT2D eigenvalue weighted by atomic mass is 15.3. The number of nitrogens with two attached hydrogens (primary N) is 1. The summed E-state index contributed by atoms with van der Waals surface area (Å²) in [6.45, 7) is 6.03. The van der Waals surface area contributed by atoms with Crippen LogP contribution < -0.4 is 5.73 Å². The highest BCUT2D eigenvalue weighted by molar-refractivity contribution is 5.18. The van der Waals surface area contributed by atoms with E-state index in [2.05, 4.69) is 16.3 Å². The minimum absolute atomic E-state index is 0.0165. The predicted octanol–water partition coefficient (Wildman–Crippen LogP) is 1.17. The lowest BCUT2D eigenvalue weighted by molar-refractivity contribution is 0.443. The first kappa shape index (κ1) is 11.9. The molecule has 0 aromatic carbocycles. The number of aromatic nitrogens is 4.